The first-order valence-electron chi connectivity index (χ1n) is 8.46. The van der Waals surface area contributed by atoms with Crippen molar-refractivity contribution in [3.63, 3.8) is 0 Å². The van der Waals surface area contributed by atoms with Crippen LogP contribution >= 0.6 is 0 Å². The molecular formula is C18H23N3O. The predicted molar refractivity (Wildman–Crippen MR) is 85.7 cm³/mol. The molecule has 1 saturated heterocycles. The third kappa shape index (κ3) is 2.31. The van der Waals surface area contributed by atoms with Gasteiger partial charge in [0, 0.05) is 37.3 Å². The average Bonchev–Trinajstić information content (AvgIpc) is 2.92. The van der Waals surface area contributed by atoms with E-state index in [1.165, 1.54) is 11.4 Å². The number of imidazole rings is 1. The molecule has 1 amide bonds. The molecule has 1 unspecified atom stereocenters. The number of likely N-dealkylation sites (tertiary alicyclic amines) is 1. The van der Waals surface area contributed by atoms with E-state index in [1.807, 2.05) is 18.2 Å². The Balaban J connectivity index is 1.55. The Morgan fingerprint density at radius 3 is 2.86 bits per heavy atom. The summed E-state index contributed by atoms with van der Waals surface area (Å²) in [5.74, 6) is 1.27. The minimum Gasteiger partial charge on any atom is -0.342 e. The van der Waals surface area contributed by atoms with Gasteiger partial charge in [0.25, 0.3) is 0 Å². The number of amides is 1. The lowest BCUT2D eigenvalue weighted by atomic mass is 9.87. The van der Waals surface area contributed by atoms with Crippen molar-refractivity contribution in [2.45, 2.75) is 39.0 Å². The lowest BCUT2D eigenvalue weighted by Crippen LogP contribution is -2.42. The monoisotopic (exact) mass is 297 g/mol. The Bertz CT molecular complexity index is 697. The largest absolute Gasteiger partial charge is 0.342 e. The van der Waals surface area contributed by atoms with Crippen LogP contribution in [0.25, 0.3) is 5.65 Å². The van der Waals surface area contributed by atoms with Crippen LogP contribution in [0.3, 0.4) is 0 Å². The molecule has 22 heavy (non-hydrogen) atoms. The van der Waals surface area contributed by atoms with Crippen molar-refractivity contribution < 1.29 is 4.79 Å². The third-order valence-electron chi connectivity index (χ3n) is 5.33. The van der Waals surface area contributed by atoms with Crippen LogP contribution in [0.5, 0.6) is 0 Å². The van der Waals surface area contributed by atoms with Crippen molar-refractivity contribution in [3.05, 3.63) is 35.8 Å². The standard InChI is InChI=1S/C18H23N3O/c1-13-7-10-20(11-8-13)18(22)14-5-6-15-16(12-14)21-9-3-2-4-17(21)19-15/h2-4,9,13-14H,5-8,10-12H2,1H3. The molecule has 0 spiro atoms. The molecule has 1 aliphatic heterocycles. The maximum absolute atomic E-state index is 12.8. The predicted octanol–water partition coefficient (Wildman–Crippen LogP) is 2.70. The first kappa shape index (κ1) is 13.8. The molecule has 2 aromatic heterocycles. The minimum absolute atomic E-state index is 0.140. The molecule has 0 saturated carbocycles. The number of piperidine rings is 1. The van der Waals surface area contributed by atoms with E-state index in [0.29, 0.717) is 5.91 Å². The van der Waals surface area contributed by atoms with E-state index >= 15 is 0 Å². The van der Waals surface area contributed by atoms with Crippen LogP contribution in [0.4, 0.5) is 0 Å². The Kier molecular flexibility index (Phi) is 3.40. The van der Waals surface area contributed by atoms with Crippen molar-refractivity contribution in [2.24, 2.45) is 11.8 Å². The van der Waals surface area contributed by atoms with Gasteiger partial charge in [0.15, 0.2) is 0 Å². The molecule has 0 aromatic carbocycles. The zero-order valence-electron chi connectivity index (χ0n) is 13.2. The Hall–Kier alpha value is -1.84. The number of rotatable bonds is 1. The fourth-order valence-electron chi connectivity index (χ4n) is 3.86. The smallest absolute Gasteiger partial charge is 0.226 e. The molecule has 1 aliphatic carbocycles. The van der Waals surface area contributed by atoms with Gasteiger partial charge in [-0.05, 0) is 43.7 Å². The number of carbonyl (C=O) groups is 1. The van der Waals surface area contributed by atoms with Crippen LogP contribution < -0.4 is 0 Å². The highest BCUT2D eigenvalue weighted by Crippen LogP contribution is 2.28. The van der Waals surface area contributed by atoms with Gasteiger partial charge in [-0.2, -0.15) is 0 Å². The van der Waals surface area contributed by atoms with Crippen molar-refractivity contribution in [3.8, 4) is 0 Å². The first-order valence-corrected chi connectivity index (χ1v) is 8.46. The maximum atomic E-state index is 12.8. The lowest BCUT2D eigenvalue weighted by molar-refractivity contribution is -0.137. The summed E-state index contributed by atoms with van der Waals surface area (Å²) in [6.07, 6.45) is 7.08. The molecule has 2 aliphatic rings. The molecule has 116 valence electrons. The number of nitrogens with zero attached hydrogens (tertiary/aromatic N) is 3. The summed E-state index contributed by atoms with van der Waals surface area (Å²) >= 11 is 0. The van der Waals surface area contributed by atoms with Gasteiger partial charge in [0.1, 0.15) is 5.65 Å². The molecule has 3 heterocycles. The first-order chi connectivity index (χ1) is 10.7. The normalized spacial score (nSPS) is 22.8. The highest BCUT2D eigenvalue weighted by molar-refractivity contribution is 5.79. The summed E-state index contributed by atoms with van der Waals surface area (Å²) in [7, 11) is 0. The van der Waals surface area contributed by atoms with Crippen molar-refractivity contribution in [2.75, 3.05) is 13.1 Å². The van der Waals surface area contributed by atoms with Crippen molar-refractivity contribution in [1.29, 1.82) is 0 Å². The van der Waals surface area contributed by atoms with Gasteiger partial charge in [-0.25, -0.2) is 4.98 Å². The fraction of sp³-hybridized carbons (Fsp3) is 0.556. The SMILES string of the molecule is CC1CCN(C(=O)C2CCc3nc4ccccn4c3C2)CC1. The average molecular weight is 297 g/mol. The molecular weight excluding hydrogens is 274 g/mol. The van der Waals surface area contributed by atoms with E-state index < -0.39 is 0 Å². The van der Waals surface area contributed by atoms with Crippen LogP contribution in [0.15, 0.2) is 24.4 Å². The second kappa shape index (κ2) is 5.41. The molecule has 0 radical (unpaired) electrons. The fourth-order valence-corrected chi connectivity index (χ4v) is 3.86. The molecule has 4 heteroatoms. The van der Waals surface area contributed by atoms with E-state index in [-0.39, 0.29) is 5.92 Å². The number of hydrogen-bond acceptors (Lipinski definition) is 2. The maximum Gasteiger partial charge on any atom is 0.226 e. The molecule has 1 fully saturated rings. The van der Waals surface area contributed by atoms with Crippen LogP contribution in [0, 0.1) is 11.8 Å². The van der Waals surface area contributed by atoms with Gasteiger partial charge in [-0.3, -0.25) is 4.79 Å². The van der Waals surface area contributed by atoms with E-state index in [4.69, 9.17) is 4.98 Å². The minimum atomic E-state index is 0.140. The summed E-state index contributed by atoms with van der Waals surface area (Å²) in [6, 6.07) is 6.10. The van der Waals surface area contributed by atoms with Gasteiger partial charge in [0.05, 0.1) is 5.69 Å². The second-order valence-electron chi connectivity index (χ2n) is 6.88. The lowest BCUT2D eigenvalue weighted by Gasteiger charge is -2.34. The number of carbonyl (C=O) groups excluding carboxylic acids is 1. The summed E-state index contributed by atoms with van der Waals surface area (Å²) < 4.78 is 2.16. The highest BCUT2D eigenvalue weighted by Gasteiger charge is 2.32. The van der Waals surface area contributed by atoms with Crippen LogP contribution in [-0.2, 0) is 17.6 Å². The van der Waals surface area contributed by atoms with E-state index in [9.17, 15) is 4.79 Å². The molecule has 4 rings (SSSR count). The van der Waals surface area contributed by atoms with Crippen molar-refractivity contribution in [1.82, 2.24) is 14.3 Å². The zero-order valence-corrected chi connectivity index (χ0v) is 13.2. The highest BCUT2D eigenvalue weighted by atomic mass is 16.2. The Morgan fingerprint density at radius 1 is 1.23 bits per heavy atom. The Labute approximate surface area is 131 Å². The number of hydrogen-bond donors (Lipinski definition) is 0. The summed E-state index contributed by atoms with van der Waals surface area (Å²) in [5, 5.41) is 0. The van der Waals surface area contributed by atoms with Gasteiger partial charge in [0.2, 0.25) is 5.91 Å². The van der Waals surface area contributed by atoms with Gasteiger partial charge in [-0.15, -0.1) is 0 Å². The molecule has 1 atom stereocenters. The van der Waals surface area contributed by atoms with Gasteiger partial charge in [-0.1, -0.05) is 13.0 Å². The molecule has 4 nitrogen and oxygen atoms in total. The molecule has 0 bridgehead atoms. The second-order valence-corrected chi connectivity index (χ2v) is 6.88. The number of aromatic nitrogens is 2. The third-order valence-corrected chi connectivity index (χ3v) is 5.33. The van der Waals surface area contributed by atoms with Crippen LogP contribution in [0.2, 0.25) is 0 Å². The number of aryl methyl sites for hydroxylation is 1. The van der Waals surface area contributed by atoms with Gasteiger partial charge < -0.3 is 9.30 Å². The van der Waals surface area contributed by atoms with Gasteiger partial charge >= 0.3 is 0 Å². The quantitative estimate of drug-likeness (QED) is 0.811. The van der Waals surface area contributed by atoms with Crippen molar-refractivity contribution >= 4 is 11.6 Å². The zero-order chi connectivity index (χ0) is 15.1. The van der Waals surface area contributed by atoms with E-state index in [2.05, 4.69) is 22.4 Å². The topological polar surface area (TPSA) is 37.6 Å². The van der Waals surface area contributed by atoms with E-state index in [1.54, 1.807) is 0 Å². The summed E-state index contributed by atoms with van der Waals surface area (Å²) in [6.45, 7) is 4.17. The molecule has 0 N–H and O–H groups in total. The Morgan fingerprint density at radius 2 is 2.05 bits per heavy atom. The van der Waals surface area contributed by atoms with Crippen LogP contribution in [0.1, 0.15) is 37.6 Å². The summed E-state index contributed by atoms with van der Waals surface area (Å²) in [5.41, 5.74) is 3.43. The van der Waals surface area contributed by atoms with Crippen LogP contribution in [-0.4, -0.2) is 33.3 Å². The molecule has 2 aromatic rings. The number of pyridine rings is 1. The summed E-state index contributed by atoms with van der Waals surface area (Å²) in [4.78, 5) is 19.6. The van der Waals surface area contributed by atoms with E-state index in [0.717, 1.165) is 56.8 Å². The number of fused-ring (bicyclic) bond motifs is 3.